The van der Waals surface area contributed by atoms with Crippen molar-refractivity contribution in [3.05, 3.63) is 69.5 Å². The molecule has 0 spiro atoms. The fourth-order valence-electron chi connectivity index (χ4n) is 2.66. The summed E-state index contributed by atoms with van der Waals surface area (Å²) in [5.74, 6) is 0.732. The Kier molecular flexibility index (Phi) is 5.26. The number of aromatic amines is 1. The fourth-order valence-corrected chi connectivity index (χ4v) is 2.66. The highest BCUT2D eigenvalue weighted by molar-refractivity contribution is 5.76. The third-order valence-corrected chi connectivity index (χ3v) is 4.02. The standard InChI is InChI=1S/C19H20N4O3/c1-12-10-13(2)21-19(25)15(12)11-20-16(24)8-9-17-22-18(23-26-17)14-6-4-3-5-7-14/h3-7,10H,8-9,11H2,1-2H3,(H,20,24)(H,21,25). The quantitative estimate of drug-likeness (QED) is 0.709. The lowest BCUT2D eigenvalue weighted by Crippen LogP contribution is -2.28. The van der Waals surface area contributed by atoms with Gasteiger partial charge in [0.05, 0.1) is 0 Å². The van der Waals surface area contributed by atoms with Gasteiger partial charge in [-0.15, -0.1) is 0 Å². The number of aryl methyl sites for hydroxylation is 3. The molecule has 0 aliphatic heterocycles. The van der Waals surface area contributed by atoms with Gasteiger partial charge in [-0.2, -0.15) is 4.98 Å². The van der Waals surface area contributed by atoms with E-state index in [1.54, 1.807) is 0 Å². The van der Waals surface area contributed by atoms with Gasteiger partial charge in [-0.05, 0) is 25.5 Å². The molecule has 134 valence electrons. The maximum atomic E-state index is 12.0. The molecule has 1 amide bonds. The normalized spacial score (nSPS) is 10.7. The van der Waals surface area contributed by atoms with Crippen LogP contribution in [0.2, 0.25) is 0 Å². The SMILES string of the molecule is Cc1cc(C)c(CNC(=O)CCc2nc(-c3ccccc3)no2)c(=O)[nH]1. The molecule has 0 aliphatic carbocycles. The molecule has 0 radical (unpaired) electrons. The zero-order valence-electron chi connectivity index (χ0n) is 14.7. The molecule has 0 bridgehead atoms. The molecular weight excluding hydrogens is 332 g/mol. The zero-order valence-corrected chi connectivity index (χ0v) is 14.7. The molecule has 1 aromatic carbocycles. The molecule has 0 atom stereocenters. The molecule has 2 heterocycles. The Morgan fingerprint density at radius 2 is 2.00 bits per heavy atom. The van der Waals surface area contributed by atoms with Crippen molar-refractivity contribution in [2.75, 3.05) is 0 Å². The Morgan fingerprint density at radius 1 is 1.23 bits per heavy atom. The molecule has 0 saturated heterocycles. The van der Waals surface area contributed by atoms with E-state index >= 15 is 0 Å². The third-order valence-electron chi connectivity index (χ3n) is 4.02. The Bertz CT molecular complexity index is 960. The number of carbonyl (C=O) groups is 1. The first-order valence-corrected chi connectivity index (χ1v) is 8.37. The van der Waals surface area contributed by atoms with Crippen LogP contribution in [0.4, 0.5) is 0 Å². The summed E-state index contributed by atoms with van der Waals surface area (Å²) in [5, 5.41) is 6.69. The molecule has 7 heteroatoms. The van der Waals surface area contributed by atoms with E-state index in [0.717, 1.165) is 16.8 Å². The van der Waals surface area contributed by atoms with Crippen LogP contribution < -0.4 is 10.9 Å². The van der Waals surface area contributed by atoms with Crippen molar-refractivity contribution in [3.8, 4) is 11.4 Å². The summed E-state index contributed by atoms with van der Waals surface area (Å²) in [6, 6.07) is 11.4. The zero-order chi connectivity index (χ0) is 18.5. The van der Waals surface area contributed by atoms with Gasteiger partial charge in [0.1, 0.15) is 0 Å². The number of H-pyrrole nitrogens is 1. The van der Waals surface area contributed by atoms with Crippen molar-refractivity contribution >= 4 is 5.91 Å². The van der Waals surface area contributed by atoms with E-state index in [1.165, 1.54) is 0 Å². The van der Waals surface area contributed by atoms with Gasteiger partial charge in [0.2, 0.25) is 17.6 Å². The van der Waals surface area contributed by atoms with Crippen molar-refractivity contribution in [2.45, 2.75) is 33.2 Å². The molecule has 0 aliphatic rings. The molecule has 3 aromatic rings. The number of aromatic nitrogens is 3. The minimum Gasteiger partial charge on any atom is -0.352 e. The maximum Gasteiger partial charge on any atom is 0.253 e. The van der Waals surface area contributed by atoms with Crippen LogP contribution in [0.1, 0.15) is 29.1 Å². The molecule has 3 rings (SSSR count). The molecule has 0 fully saturated rings. The largest absolute Gasteiger partial charge is 0.352 e. The van der Waals surface area contributed by atoms with Gasteiger partial charge < -0.3 is 14.8 Å². The van der Waals surface area contributed by atoms with Crippen LogP contribution in [0.25, 0.3) is 11.4 Å². The van der Waals surface area contributed by atoms with Crippen LogP contribution >= 0.6 is 0 Å². The van der Waals surface area contributed by atoms with Gasteiger partial charge in [-0.25, -0.2) is 0 Å². The van der Waals surface area contributed by atoms with Crippen molar-refractivity contribution in [2.24, 2.45) is 0 Å². The number of amides is 1. The Labute approximate surface area is 150 Å². The number of nitrogens with zero attached hydrogens (tertiary/aromatic N) is 2. The summed E-state index contributed by atoms with van der Waals surface area (Å²) in [5.41, 5.74) is 2.91. The minimum atomic E-state index is -0.177. The van der Waals surface area contributed by atoms with Gasteiger partial charge >= 0.3 is 0 Å². The third kappa shape index (κ3) is 4.24. The molecule has 0 saturated carbocycles. The summed E-state index contributed by atoms with van der Waals surface area (Å²) in [6.45, 7) is 3.87. The van der Waals surface area contributed by atoms with Gasteiger partial charge in [-0.3, -0.25) is 9.59 Å². The number of nitrogens with one attached hydrogen (secondary N) is 2. The topological polar surface area (TPSA) is 101 Å². The number of pyridine rings is 1. The first-order chi connectivity index (χ1) is 12.5. The van der Waals surface area contributed by atoms with Gasteiger partial charge in [-0.1, -0.05) is 35.5 Å². The van der Waals surface area contributed by atoms with Gasteiger partial charge in [0.15, 0.2) is 0 Å². The Balaban J connectivity index is 1.54. The van der Waals surface area contributed by atoms with E-state index < -0.39 is 0 Å². The number of hydrogen-bond acceptors (Lipinski definition) is 5. The van der Waals surface area contributed by atoms with E-state index in [1.807, 2.05) is 50.2 Å². The van der Waals surface area contributed by atoms with Gasteiger partial charge in [0.25, 0.3) is 5.56 Å². The highest BCUT2D eigenvalue weighted by Crippen LogP contribution is 2.15. The number of carbonyl (C=O) groups excluding carboxylic acids is 1. The van der Waals surface area contributed by atoms with E-state index in [4.69, 9.17) is 4.52 Å². The van der Waals surface area contributed by atoms with Crippen LogP contribution in [-0.4, -0.2) is 21.0 Å². The monoisotopic (exact) mass is 352 g/mol. The first kappa shape index (κ1) is 17.6. The second-order valence-corrected chi connectivity index (χ2v) is 6.10. The smallest absolute Gasteiger partial charge is 0.253 e. The van der Waals surface area contributed by atoms with Crippen LogP contribution in [0, 0.1) is 13.8 Å². The van der Waals surface area contributed by atoms with E-state index in [2.05, 4.69) is 20.4 Å². The number of rotatable bonds is 6. The number of benzene rings is 1. The Hall–Kier alpha value is -3.22. The first-order valence-electron chi connectivity index (χ1n) is 8.37. The lowest BCUT2D eigenvalue weighted by Gasteiger charge is -2.07. The summed E-state index contributed by atoms with van der Waals surface area (Å²) < 4.78 is 5.19. The second-order valence-electron chi connectivity index (χ2n) is 6.10. The summed E-state index contributed by atoms with van der Waals surface area (Å²) in [6.07, 6.45) is 0.550. The predicted octanol–water partition coefficient (Wildman–Crippen LogP) is 2.29. The summed E-state index contributed by atoms with van der Waals surface area (Å²) >= 11 is 0. The number of hydrogen-bond donors (Lipinski definition) is 2. The maximum absolute atomic E-state index is 12.0. The molecule has 2 N–H and O–H groups in total. The van der Waals surface area contributed by atoms with Crippen molar-refractivity contribution in [1.29, 1.82) is 0 Å². The van der Waals surface area contributed by atoms with Crippen LogP contribution in [0.3, 0.4) is 0 Å². The lowest BCUT2D eigenvalue weighted by atomic mass is 10.1. The van der Waals surface area contributed by atoms with Gasteiger partial charge in [0, 0.05) is 36.2 Å². The Morgan fingerprint density at radius 3 is 2.73 bits per heavy atom. The lowest BCUT2D eigenvalue weighted by molar-refractivity contribution is -0.121. The minimum absolute atomic E-state index is 0.174. The van der Waals surface area contributed by atoms with Crippen molar-refractivity contribution in [1.82, 2.24) is 20.4 Å². The molecular formula is C19H20N4O3. The summed E-state index contributed by atoms with van der Waals surface area (Å²) in [4.78, 5) is 31.0. The van der Waals surface area contributed by atoms with Crippen LogP contribution in [0.15, 0.2) is 45.7 Å². The van der Waals surface area contributed by atoms with Crippen molar-refractivity contribution < 1.29 is 9.32 Å². The van der Waals surface area contributed by atoms with Crippen LogP contribution in [-0.2, 0) is 17.8 Å². The van der Waals surface area contributed by atoms with E-state index in [0.29, 0.717) is 23.7 Å². The molecule has 0 unspecified atom stereocenters. The fraction of sp³-hybridized carbons (Fsp3) is 0.263. The average Bonchev–Trinajstić information content (AvgIpc) is 3.09. The molecule has 2 aromatic heterocycles. The second kappa shape index (κ2) is 7.77. The van der Waals surface area contributed by atoms with E-state index in [-0.39, 0.29) is 24.4 Å². The van der Waals surface area contributed by atoms with Crippen LogP contribution in [0.5, 0.6) is 0 Å². The molecule has 7 nitrogen and oxygen atoms in total. The molecule has 26 heavy (non-hydrogen) atoms. The predicted molar refractivity (Wildman–Crippen MR) is 96.4 cm³/mol. The van der Waals surface area contributed by atoms with Crippen molar-refractivity contribution in [3.63, 3.8) is 0 Å². The summed E-state index contributed by atoms with van der Waals surface area (Å²) in [7, 11) is 0. The highest BCUT2D eigenvalue weighted by atomic mass is 16.5. The highest BCUT2D eigenvalue weighted by Gasteiger charge is 2.11. The van der Waals surface area contributed by atoms with E-state index in [9.17, 15) is 9.59 Å². The average molecular weight is 352 g/mol.